The number of rotatable bonds is 7. The molecule has 0 spiro atoms. The predicted molar refractivity (Wildman–Crippen MR) is 103 cm³/mol. The van der Waals surface area contributed by atoms with Crippen LogP contribution in [0.15, 0.2) is 42.5 Å². The molecule has 0 atom stereocenters. The number of carbonyl (C=O) groups is 1. The molecule has 2 aromatic carbocycles. The Labute approximate surface area is 160 Å². The molecule has 0 aliphatic heterocycles. The number of hydrogen-bond acceptors (Lipinski definition) is 5. The Hall–Kier alpha value is -2.15. The van der Waals surface area contributed by atoms with Gasteiger partial charge in [-0.3, -0.25) is 14.9 Å². The van der Waals surface area contributed by atoms with E-state index < -0.39 is 15.5 Å². The second-order valence-corrected chi connectivity index (χ2v) is 7.49. The van der Waals surface area contributed by atoms with Crippen LogP contribution in [-0.4, -0.2) is 27.3 Å². The van der Waals surface area contributed by atoms with Crippen molar-refractivity contribution in [1.82, 2.24) is 0 Å². The number of hydrogen-bond donors (Lipinski definition) is 2. The molecule has 0 fully saturated rings. The van der Waals surface area contributed by atoms with Crippen LogP contribution in [0, 0.1) is 10.1 Å². The first-order valence-corrected chi connectivity index (χ1v) is 8.62. The van der Waals surface area contributed by atoms with Gasteiger partial charge in [-0.25, -0.2) is 0 Å². The van der Waals surface area contributed by atoms with Crippen LogP contribution in [0.3, 0.4) is 0 Å². The number of anilines is 2. The van der Waals surface area contributed by atoms with Gasteiger partial charge in [0.15, 0.2) is 10.6 Å². The van der Waals surface area contributed by atoms with Crippen LogP contribution in [0.4, 0.5) is 17.1 Å². The first-order chi connectivity index (χ1) is 12.2. The molecular formula is C18H18Cl2N2O4. The van der Waals surface area contributed by atoms with Crippen molar-refractivity contribution in [2.45, 2.75) is 24.1 Å². The summed E-state index contributed by atoms with van der Waals surface area (Å²) in [6.45, 7) is 3.83. The maximum absolute atomic E-state index is 11.8. The number of carbonyl (C=O) groups excluding carboxylic acids is 1. The molecule has 0 saturated heterocycles. The fourth-order valence-electron chi connectivity index (χ4n) is 2.32. The lowest BCUT2D eigenvalue weighted by Crippen LogP contribution is -2.21. The van der Waals surface area contributed by atoms with E-state index in [0.29, 0.717) is 5.69 Å². The highest BCUT2D eigenvalue weighted by atomic mass is 35.5. The molecule has 2 N–H and O–H groups in total. The Morgan fingerprint density at radius 3 is 2.35 bits per heavy atom. The number of halogens is 2. The Morgan fingerprint density at radius 1 is 1.23 bits per heavy atom. The molecule has 138 valence electrons. The number of nitro benzene ring substituents is 1. The predicted octanol–water partition coefficient (Wildman–Crippen LogP) is 4.59. The maximum atomic E-state index is 11.8. The molecule has 8 heteroatoms. The van der Waals surface area contributed by atoms with Crippen LogP contribution in [0.1, 0.15) is 29.8 Å². The van der Waals surface area contributed by atoms with E-state index in [1.54, 1.807) is 12.1 Å². The Balaban J connectivity index is 2.31. The molecule has 0 aromatic heterocycles. The van der Waals surface area contributed by atoms with Gasteiger partial charge in [0.05, 0.1) is 11.5 Å². The number of aliphatic hydroxyl groups is 1. The minimum Gasteiger partial charge on any atom is -0.395 e. The topological polar surface area (TPSA) is 92.5 Å². The molecule has 0 saturated carbocycles. The molecule has 0 amide bonds. The van der Waals surface area contributed by atoms with Crippen LogP contribution in [-0.2, 0) is 5.41 Å². The van der Waals surface area contributed by atoms with Crippen LogP contribution < -0.4 is 5.32 Å². The van der Waals surface area contributed by atoms with Gasteiger partial charge in [-0.1, -0.05) is 49.2 Å². The zero-order chi connectivity index (χ0) is 19.5. The number of nitrogens with zero attached hydrogens (tertiary/aromatic N) is 1. The fraction of sp³-hybridized carbons (Fsp3) is 0.278. The van der Waals surface area contributed by atoms with E-state index in [4.69, 9.17) is 23.2 Å². The lowest BCUT2D eigenvalue weighted by molar-refractivity contribution is -0.383. The average Bonchev–Trinajstić information content (AvgIpc) is 2.61. The number of alkyl halides is 2. The van der Waals surface area contributed by atoms with Crippen LogP contribution in [0.5, 0.6) is 0 Å². The quantitative estimate of drug-likeness (QED) is 0.308. The van der Waals surface area contributed by atoms with E-state index >= 15 is 0 Å². The van der Waals surface area contributed by atoms with Gasteiger partial charge in [-0.05, 0) is 29.8 Å². The van der Waals surface area contributed by atoms with Gasteiger partial charge < -0.3 is 10.4 Å². The summed E-state index contributed by atoms with van der Waals surface area (Å²) in [6, 6.07) is 11.2. The summed E-state index contributed by atoms with van der Waals surface area (Å²) in [7, 11) is 0. The summed E-state index contributed by atoms with van der Waals surface area (Å²) in [4.78, 5) is 21.3. The lowest BCUT2D eigenvalue weighted by atomic mass is 9.85. The SMILES string of the molecule is CC(C)(CO)c1ccc(Nc2ccc(C(=O)C(Cl)Cl)cc2[N+](=O)[O-])cc1. The van der Waals surface area contributed by atoms with Crippen molar-refractivity contribution in [3.05, 3.63) is 63.7 Å². The van der Waals surface area contributed by atoms with E-state index in [2.05, 4.69) is 5.32 Å². The third-order valence-electron chi connectivity index (χ3n) is 4.02. The molecule has 0 aliphatic carbocycles. The lowest BCUT2D eigenvalue weighted by Gasteiger charge is -2.22. The normalized spacial score (nSPS) is 11.5. The molecule has 0 bridgehead atoms. The first kappa shape index (κ1) is 20.2. The minimum absolute atomic E-state index is 0.00285. The molecule has 0 aliphatic rings. The number of benzene rings is 2. The zero-order valence-electron chi connectivity index (χ0n) is 14.2. The van der Waals surface area contributed by atoms with E-state index in [9.17, 15) is 20.0 Å². The number of ketones is 1. The van der Waals surface area contributed by atoms with E-state index in [-0.39, 0.29) is 29.0 Å². The van der Waals surface area contributed by atoms with Gasteiger partial charge in [0.1, 0.15) is 5.69 Å². The van der Waals surface area contributed by atoms with Crippen molar-refractivity contribution in [1.29, 1.82) is 0 Å². The van der Waals surface area contributed by atoms with Crippen molar-refractivity contribution >= 4 is 46.0 Å². The molecule has 26 heavy (non-hydrogen) atoms. The number of aliphatic hydroxyl groups excluding tert-OH is 1. The summed E-state index contributed by atoms with van der Waals surface area (Å²) in [5.41, 5.74) is 1.24. The second-order valence-electron chi connectivity index (χ2n) is 6.40. The van der Waals surface area contributed by atoms with Crippen molar-refractivity contribution in [3.63, 3.8) is 0 Å². The van der Waals surface area contributed by atoms with E-state index in [1.807, 2.05) is 26.0 Å². The molecule has 6 nitrogen and oxygen atoms in total. The molecule has 0 radical (unpaired) electrons. The van der Waals surface area contributed by atoms with Gasteiger partial charge in [-0.15, -0.1) is 0 Å². The van der Waals surface area contributed by atoms with Crippen molar-refractivity contribution in [2.24, 2.45) is 0 Å². The highest BCUT2D eigenvalue weighted by Gasteiger charge is 2.22. The third kappa shape index (κ3) is 4.52. The first-order valence-electron chi connectivity index (χ1n) is 7.75. The summed E-state index contributed by atoms with van der Waals surface area (Å²) in [5.74, 6) is -0.599. The van der Waals surface area contributed by atoms with Gasteiger partial charge in [-0.2, -0.15) is 0 Å². The van der Waals surface area contributed by atoms with Crippen molar-refractivity contribution in [3.8, 4) is 0 Å². The molecule has 0 heterocycles. The fourth-order valence-corrected chi connectivity index (χ4v) is 2.57. The number of nitrogens with one attached hydrogen (secondary N) is 1. The van der Waals surface area contributed by atoms with Crippen molar-refractivity contribution < 1.29 is 14.8 Å². The highest BCUT2D eigenvalue weighted by Crippen LogP contribution is 2.31. The summed E-state index contributed by atoms with van der Waals surface area (Å²) < 4.78 is 0. The Bertz CT molecular complexity index is 820. The summed E-state index contributed by atoms with van der Waals surface area (Å²) >= 11 is 11.1. The van der Waals surface area contributed by atoms with Crippen LogP contribution >= 0.6 is 23.2 Å². The van der Waals surface area contributed by atoms with Crippen molar-refractivity contribution in [2.75, 3.05) is 11.9 Å². The van der Waals surface area contributed by atoms with Gasteiger partial charge in [0, 0.05) is 22.7 Å². The molecular weight excluding hydrogens is 379 g/mol. The van der Waals surface area contributed by atoms with Crippen LogP contribution in [0.2, 0.25) is 0 Å². The number of nitro groups is 1. The van der Waals surface area contributed by atoms with E-state index in [0.717, 1.165) is 11.6 Å². The summed E-state index contributed by atoms with van der Waals surface area (Å²) in [5, 5.41) is 23.7. The largest absolute Gasteiger partial charge is 0.395 e. The standard InChI is InChI=1S/C18H18Cl2N2O4/c1-18(2,10-23)12-4-6-13(7-5-12)21-14-8-3-11(16(24)17(19)20)9-15(14)22(25)26/h3-9,17,21,23H,10H2,1-2H3. The monoisotopic (exact) mass is 396 g/mol. The molecule has 2 rings (SSSR count). The third-order valence-corrected chi connectivity index (χ3v) is 4.41. The minimum atomic E-state index is -1.28. The maximum Gasteiger partial charge on any atom is 0.293 e. The zero-order valence-corrected chi connectivity index (χ0v) is 15.7. The highest BCUT2D eigenvalue weighted by molar-refractivity contribution is 6.55. The average molecular weight is 397 g/mol. The molecule has 2 aromatic rings. The Kier molecular flexibility index (Phi) is 6.23. The van der Waals surface area contributed by atoms with E-state index in [1.165, 1.54) is 12.1 Å². The van der Waals surface area contributed by atoms with Crippen LogP contribution in [0.25, 0.3) is 0 Å². The second kappa shape index (κ2) is 8.03. The smallest absolute Gasteiger partial charge is 0.293 e. The molecule has 0 unspecified atom stereocenters. The summed E-state index contributed by atoms with van der Waals surface area (Å²) in [6.07, 6.45) is 0. The van der Waals surface area contributed by atoms with Gasteiger partial charge >= 0.3 is 0 Å². The van der Waals surface area contributed by atoms with Gasteiger partial charge in [0.25, 0.3) is 5.69 Å². The number of Topliss-reactive ketones (excluding diaryl/α,β-unsaturated/α-hetero) is 1. The van der Waals surface area contributed by atoms with Gasteiger partial charge in [0.2, 0.25) is 0 Å². The Morgan fingerprint density at radius 2 is 1.85 bits per heavy atom.